The molecule has 0 bridgehead atoms. The van der Waals surface area contributed by atoms with E-state index < -0.39 is 0 Å². The van der Waals surface area contributed by atoms with Gasteiger partial charge in [-0.05, 0) is 48.9 Å². The molecule has 0 spiro atoms. The van der Waals surface area contributed by atoms with E-state index in [1.165, 1.54) is 4.68 Å². The number of benzene rings is 2. The van der Waals surface area contributed by atoms with E-state index in [1.54, 1.807) is 19.4 Å². The molecule has 0 amide bonds. The van der Waals surface area contributed by atoms with E-state index in [0.717, 1.165) is 10.0 Å². The van der Waals surface area contributed by atoms with Gasteiger partial charge in [-0.15, -0.1) is 0 Å². The predicted octanol–water partition coefficient (Wildman–Crippen LogP) is 4.01. The van der Waals surface area contributed by atoms with E-state index in [9.17, 15) is 4.79 Å². The molecule has 0 fully saturated rings. The zero-order chi connectivity index (χ0) is 19.4. The maximum absolute atomic E-state index is 12.9. The number of rotatable bonds is 6. The summed E-state index contributed by atoms with van der Waals surface area (Å²) >= 11 is 3.40. The van der Waals surface area contributed by atoms with Crippen molar-refractivity contribution < 1.29 is 9.47 Å². The Morgan fingerprint density at radius 1 is 1.19 bits per heavy atom. The number of hydrogen-bond acceptors (Lipinski definition) is 5. The van der Waals surface area contributed by atoms with Crippen molar-refractivity contribution in [3.63, 3.8) is 0 Å². The molecule has 0 aliphatic heterocycles. The van der Waals surface area contributed by atoms with Crippen molar-refractivity contribution in [3.05, 3.63) is 62.6 Å². The van der Waals surface area contributed by atoms with Crippen molar-refractivity contribution >= 4 is 33.0 Å². The van der Waals surface area contributed by atoms with Gasteiger partial charge in [0.1, 0.15) is 5.82 Å². The maximum Gasteiger partial charge on any atom is 0.282 e. The lowest BCUT2D eigenvalue weighted by molar-refractivity contribution is 0.311. The lowest BCUT2D eigenvalue weighted by Gasteiger charge is -2.10. The van der Waals surface area contributed by atoms with Crippen LogP contribution in [-0.2, 0) is 6.42 Å². The molecule has 7 heteroatoms. The Morgan fingerprint density at radius 3 is 2.70 bits per heavy atom. The fourth-order valence-corrected chi connectivity index (χ4v) is 3.07. The first-order valence-corrected chi connectivity index (χ1v) is 9.43. The standard InChI is InChI=1S/C20H20BrN3O3/c1-4-19-23-16-8-7-14(21)11-15(16)20(25)24(19)22-12-13-6-9-17(26-3)18(10-13)27-5-2/h6-12H,4-5H2,1-3H3. The maximum atomic E-state index is 12.9. The predicted molar refractivity (Wildman–Crippen MR) is 110 cm³/mol. The van der Waals surface area contributed by atoms with Gasteiger partial charge in [0.15, 0.2) is 11.5 Å². The minimum absolute atomic E-state index is 0.201. The van der Waals surface area contributed by atoms with Gasteiger partial charge in [0.25, 0.3) is 5.56 Å². The Hall–Kier alpha value is -2.67. The van der Waals surface area contributed by atoms with Crippen LogP contribution in [-0.4, -0.2) is 29.6 Å². The Labute approximate surface area is 165 Å². The number of methoxy groups -OCH3 is 1. The summed E-state index contributed by atoms with van der Waals surface area (Å²) in [5.74, 6) is 1.88. The van der Waals surface area contributed by atoms with Crippen molar-refractivity contribution in [1.29, 1.82) is 0 Å². The highest BCUT2D eigenvalue weighted by Gasteiger charge is 2.10. The van der Waals surface area contributed by atoms with E-state index in [2.05, 4.69) is 26.0 Å². The van der Waals surface area contributed by atoms with E-state index in [0.29, 0.717) is 41.3 Å². The highest BCUT2D eigenvalue weighted by molar-refractivity contribution is 9.10. The van der Waals surface area contributed by atoms with Gasteiger partial charge in [0.2, 0.25) is 0 Å². The highest BCUT2D eigenvalue weighted by Crippen LogP contribution is 2.27. The summed E-state index contributed by atoms with van der Waals surface area (Å²) in [7, 11) is 1.59. The van der Waals surface area contributed by atoms with Gasteiger partial charge in [0, 0.05) is 10.9 Å². The van der Waals surface area contributed by atoms with Crippen LogP contribution >= 0.6 is 15.9 Å². The van der Waals surface area contributed by atoms with Crippen LogP contribution in [0.1, 0.15) is 25.2 Å². The number of nitrogens with zero attached hydrogens (tertiary/aromatic N) is 3. The van der Waals surface area contributed by atoms with Crippen LogP contribution < -0.4 is 15.0 Å². The van der Waals surface area contributed by atoms with E-state index in [-0.39, 0.29) is 5.56 Å². The Bertz CT molecular complexity index is 1060. The molecule has 0 aliphatic carbocycles. The Morgan fingerprint density at radius 2 is 2.00 bits per heavy atom. The summed E-state index contributed by atoms with van der Waals surface area (Å²) in [6.45, 7) is 4.38. The Kier molecular flexibility index (Phi) is 5.91. The third kappa shape index (κ3) is 4.03. The molecule has 0 atom stereocenters. The first kappa shape index (κ1) is 19.1. The molecule has 1 heterocycles. The molecule has 0 saturated carbocycles. The van der Waals surface area contributed by atoms with E-state index in [4.69, 9.17) is 9.47 Å². The van der Waals surface area contributed by atoms with Crippen molar-refractivity contribution in [2.24, 2.45) is 5.10 Å². The van der Waals surface area contributed by atoms with Gasteiger partial charge < -0.3 is 9.47 Å². The second-order valence-electron chi connectivity index (χ2n) is 5.75. The number of ether oxygens (including phenoxy) is 2. The molecule has 140 valence electrons. The number of halogens is 1. The van der Waals surface area contributed by atoms with Crippen molar-refractivity contribution in [3.8, 4) is 11.5 Å². The van der Waals surface area contributed by atoms with Crippen LogP contribution in [0.4, 0.5) is 0 Å². The highest BCUT2D eigenvalue weighted by atomic mass is 79.9. The summed E-state index contributed by atoms with van der Waals surface area (Å²) in [5.41, 5.74) is 1.25. The molecule has 0 aliphatic rings. The first-order chi connectivity index (χ1) is 13.1. The molecular formula is C20H20BrN3O3. The zero-order valence-corrected chi connectivity index (χ0v) is 17.0. The minimum Gasteiger partial charge on any atom is -0.493 e. The molecular weight excluding hydrogens is 410 g/mol. The quantitative estimate of drug-likeness (QED) is 0.555. The fraction of sp³-hybridized carbons (Fsp3) is 0.250. The van der Waals surface area contributed by atoms with Crippen molar-refractivity contribution in [2.75, 3.05) is 13.7 Å². The smallest absolute Gasteiger partial charge is 0.282 e. The molecule has 6 nitrogen and oxygen atoms in total. The summed E-state index contributed by atoms with van der Waals surface area (Å²) < 4.78 is 13.0. The van der Waals surface area contributed by atoms with Gasteiger partial charge in [-0.1, -0.05) is 22.9 Å². The third-order valence-electron chi connectivity index (χ3n) is 4.00. The second-order valence-corrected chi connectivity index (χ2v) is 6.66. The van der Waals surface area contributed by atoms with Crippen molar-refractivity contribution in [2.45, 2.75) is 20.3 Å². The summed E-state index contributed by atoms with van der Waals surface area (Å²) in [5, 5.41) is 4.91. The normalized spacial score (nSPS) is 11.3. The zero-order valence-electron chi connectivity index (χ0n) is 15.4. The third-order valence-corrected chi connectivity index (χ3v) is 4.49. The van der Waals surface area contributed by atoms with Gasteiger partial charge in [0.05, 0.1) is 30.8 Å². The number of hydrogen-bond donors (Lipinski definition) is 0. The average Bonchev–Trinajstić information content (AvgIpc) is 2.68. The van der Waals surface area contributed by atoms with Crippen LogP contribution in [0.2, 0.25) is 0 Å². The summed E-state index contributed by atoms with van der Waals surface area (Å²) in [4.78, 5) is 17.5. The average molecular weight is 430 g/mol. The Balaban J connectivity index is 2.07. The summed E-state index contributed by atoms with van der Waals surface area (Å²) in [6.07, 6.45) is 2.21. The monoisotopic (exact) mass is 429 g/mol. The van der Waals surface area contributed by atoms with Gasteiger partial charge in [-0.25, -0.2) is 4.98 Å². The van der Waals surface area contributed by atoms with E-state index in [1.807, 2.05) is 44.2 Å². The second kappa shape index (κ2) is 8.35. The van der Waals surface area contributed by atoms with Crippen LogP contribution in [0, 0.1) is 0 Å². The lowest BCUT2D eigenvalue weighted by atomic mass is 10.2. The largest absolute Gasteiger partial charge is 0.493 e. The number of fused-ring (bicyclic) bond motifs is 1. The van der Waals surface area contributed by atoms with Gasteiger partial charge in [-0.2, -0.15) is 9.78 Å². The molecule has 0 radical (unpaired) electrons. The van der Waals surface area contributed by atoms with Crippen LogP contribution in [0.3, 0.4) is 0 Å². The molecule has 0 N–H and O–H groups in total. The number of aromatic nitrogens is 2. The minimum atomic E-state index is -0.201. The van der Waals surface area contributed by atoms with Gasteiger partial charge >= 0.3 is 0 Å². The van der Waals surface area contributed by atoms with Crippen LogP contribution in [0.25, 0.3) is 10.9 Å². The summed E-state index contributed by atoms with van der Waals surface area (Å²) in [6, 6.07) is 10.9. The fourth-order valence-electron chi connectivity index (χ4n) is 2.71. The van der Waals surface area contributed by atoms with E-state index >= 15 is 0 Å². The van der Waals surface area contributed by atoms with Crippen molar-refractivity contribution in [1.82, 2.24) is 9.66 Å². The molecule has 0 unspecified atom stereocenters. The molecule has 27 heavy (non-hydrogen) atoms. The topological polar surface area (TPSA) is 65.7 Å². The van der Waals surface area contributed by atoms with Gasteiger partial charge in [-0.3, -0.25) is 4.79 Å². The van der Waals surface area contributed by atoms with Crippen LogP contribution in [0.5, 0.6) is 11.5 Å². The molecule has 2 aromatic carbocycles. The SMILES string of the molecule is CCOc1cc(C=Nn2c(CC)nc3ccc(Br)cc3c2=O)ccc1OC. The first-order valence-electron chi connectivity index (χ1n) is 8.63. The molecule has 0 saturated heterocycles. The molecule has 3 rings (SSSR count). The lowest BCUT2D eigenvalue weighted by Crippen LogP contribution is -2.22. The van der Waals surface area contributed by atoms with Crippen LogP contribution in [0.15, 0.2) is 50.8 Å². The molecule has 3 aromatic rings. The number of aryl methyl sites for hydroxylation is 1. The molecule has 1 aromatic heterocycles.